The van der Waals surface area contributed by atoms with E-state index in [0.29, 0.717) is 13.0 Å². The van der Waals surface area contributed by atoms with Crippen LogP contribution in [0.5, 0.6) is 0 Å². The number of ketones is 1. The Hall–Kier alpha value is -2.21. The summed E-state index contributed by atoms with van der Waals surface area (Å²) >= 11 is 0. The number of Topliss-reactive ketones (excluding diaryl/α,β-unsaturated/α-hetero) is 1. The first kappa shape index (κ1) is 21.8. The van der Waals surface area contributed by atoms with Crippen LogP contribution in [0.3, 0.4) is 0 Å². The van der Waals surface area contributed by atoms with Gasteiger partial charge in [0.15, 0.2) is 5.78 Å². The van der Waals surface area contributed by atoms with Crippen molar-refractivity contribution in [2.24, 2.45) is 0 Å². The molecule has 0 aliphatic rings. The van der Waals surface area contributed by atoms with Gasteiger partial charge in [-0.05, 0) is 46.2 Å². The first-order valence-corrected chi connectivity index (χ1v) is 8.98. The summed E-state index contributed by atoms with van der Waals surface area (Å²) in [5, 5.41) is 5.67. The fraction of sp³-hybridized carbons (Fsp3) is 0.550. The molecule has 0 saturated carbocycles. The Labute approximate surface area is 156 Å². The van der Waals surface area contributed by atoms with E-state index in [-0.39, 0.29) is 36.2 Å². The maximum Gasteiger partial charge on any atom is 0.234 e. The largest absolute Gasteiger partial charge is 0.350 e. The highest BCUT2D eigenvalue weighted by atomic mass is 16.2. The van der Waals surface area contributed by atoms with Crippen molar-refractivity contribution in [3.63, 3.8) is 0 Å². The minimum absolute atomic E-state index is 0.0760. The van der Waals surface area contributed by atoms with E-state index in [1.54, 1.807) is 4.90 Å². The highest BCUT2D eigenvalue weighted by molar-refractivity contribution is 5.88. The predicted octanol–water partition coefficient (Wildman–Crippen LogP) is 1.54. The minimum Gasteiger partial charge on any atom is -0.350 e. The molecule has 0 aromatic heterocycles. The van der Waals surface area contributed by atoms with Crippen LogP contribution in [-0.4, -0.2) is 53.7 Å². The van der Waals surface area contributed by atoms with Crippen LogP contribution in [-0.2, 0) is 20.8 Å². The van der Waals surface area contributed by atoms with Crippen molar-refractivity contribution in [2.45, 2.75) is 52.6 Å². The van der Waals surface area contributed by atoms with Crippen molar-refractivity contribution in [2.75, 3.05) is 19.6 Å². The Kier molecular flexibility index (Phi) is 8.45. The molecule has 0 fully saturated rings. The quantitative estimate of drug-likeness (QED) is 0.699. The van der Waals surface area contributed by atoms with Gasteiger partial charge < -0.3 is 10.6 Å². The van der Waals surface area contributed by atoms with Gasteiger partial charge in [0, 0.05) is 5.54 Å². The van der Waals surface area contributed by atoms with E-state index in [1.165, 1.54) is 6.92 Å². The normalized spacial score (nSPS) is 12.5. The zero-order chi connectivity index (χ0) is 19.7. The number of carbonyl (C=O) groups is 3. The van der Waals surface area contributed by atoms with Crippen LogP contribution in [0.15, 0.2) is 30.3 Å². The van der Waals surface area contributed by atoms with E-state index >= 15 is 0 Å². The van der Waals surface area contributed by atoms with Gasteiger partial charge in [0.05, 0.1) is 19.1 Å². The molecule has 6 heteroatoms. The molecule has 0 spiro atoms. The molecule has 2 amide bonds. The Morgan fingerprint density at radius 3 is 2.12 bits per heavy atom. The molecule has 0 heterocycles. The van der Waals surface area contributed by atoms with Crippen molar-refractivity contribution in [3.8, 4) is 0 Å². The number of carbonyl (C=O) groups excluding carboxylic acids is 3. The second-order valence-electron chi connectivity index (χ2n) is 7.52. The molecule has 6 nitrogen and oxygen atoms in total. The Balaban J connectivity index is 2.59. The number of likely N-dealkylation sites (N-methyl/N-ethyl adjacent to an activating group) is 1. The van der Waals surface area contributed by atoms with Gasteiger partial charge in [0.25, 0.3) is 0 Å². The highest BCUT2D eigenvalue weighted by Crippen LogP contribution is 2.04. The number of nitrogens with zero attached hydrogens (tertiary/aromatic N) is 1. The number of hydrogen-bond donors (Lipinski definition) is 2. The van der Waals surface area contributed by atoms with Gasteiger partial charge in [-0.25, -0.2) is 0 Å². The number of benzene rings is 1. The van der Waals surface area contributed by atoms with Crippen molar-refractivity contribution < 1.29 is 14.4 Å². The molecule has 1 atom stereocenters. The summed E-state index contributed by atoms with van der Waals surface area (Å²) in [7, 11) is 0. The van der Waals surface area contributed by atoms with E-state index in [4.69, 9.17) is 0 Å². The number of nitrogens with one attached hydrogen (secondary N) is 2. The van der Waals surface area contributed by atoms with Crippen LogP contribution < -0.4 is 10.6 Å². The van der Waals surface area contributed by atoms with Gasteiger partial charge in [0.2, 0.25) is 11.8 Å². The molecule has 0 radical (unpaired) electrons. The fourth-order valence-corrected chi connectivity index (χ4v) is 2.53. The van der Waals surface area contributed by atoms with E-state index in [9.17, 15) is 14.4 Å². The lowest BCUT2D eigenvalue weighted by molar-refractivity contribution is -0.129. The smallest absolute Gasteiger partial charge is 0.234 e. The Bertz CT molecular complexity index is 608. The topological polar surface area (TPSA) is 78.5 Å². The summed E-state index contributed by atoms with van der Waals surface area (Å²) in [6.07, 6.45) is 0.457. The molecule has 1 rings (SSSR count). The lowest BCUT2D eigenvalue weighted by Gasteiger charge is -2.25. The molecule has 0 saturated heterocycles. The van der Waals surface area contributed by atoms with Crippen molar-refractivity contribution in [3.05, 3.63) is 35.9 Å². The number of amides is 2. The summed E-state index contributed by atoms with van der Waals surface area (Å²) < 4.78 is 0. The number of rotatable bonds is 9. The first-order valence-electron chi connectivity index (χ1n) is 8.98. The molecule has 0 unspecified atom stereocenters. The molecule has 1 aromatic rings. The summed E-state index contributed by atoms with van der Waals surface area (Å²) in [4.78, 5) is 38.0. The molecule has 0 aliphatic heterocycles. The molecular formula is C20H31N3O3. The maximum atomic E-state index is 12.3. The van der Waals surface area contributed by atoms with Crippen LogP contribution >= 0.6 is 0 Å². The van der Waals surface area contributed by atoms with Crippen molar-refractivity contribution in [1.29, 1.82) is 0 Å². The highest BCUT2D eigenvalue weighted by Gasteiger charge is 2.21. The average Bonchev–Trinajstić information content (AvgIpc) is 2.52. The average molecular weight is 361 g/mol. The Morgan fingerprint density at radius 2 is 1.62 bits per heavy atom. The van der Waals surface area contributed by atoms with E-state index in [1.807, 2.05) is 58.0 Å². The molecule has 26 heavy (non-hydrogen) atoms. The van der Waals surface area contributed by atoms with Gasteiger partial charge >= 0.3 is 0 Å². The second kappa shape index (κ2) is 10.1. The summed E-state index contributed by atoms with van der Waals surface area (Å²) in [6.45, 7) is 9.89. The molecular weight excluding hydrogens is 330 g/mol. The molecule has 2 N–H and O–H groups in total. The second-order valence-corrected chi connectivity index (χ2v) is 7.52. The predicted molar refractivity (Wildman–Crippen MR) is 103 cm³/mol. The molecule has 1 aromatic carbocycles. The Morgan fingerprint density at radius 1 is 1.04 bits per heavy atom. The number of hydrogen-bond acceptors (Lipinski definition) is 4. The van der Waals surface area contributed by atoms with Crippen LogP contribution in [0.4, 0.5) is 0 Å². The van der Waals surface area contributed by atoms with Gasteiger partial charge in [-0.3, -0.25) is 19.3 Å². The maximum absolute atomic E-state index is 12.3. The summed E-state index contributed by atoms with van der Waals surface area (Å²) in [5.41, 5.74) is 0.679. The van der Waals surface area contributed by atoms with Gasteiger partial charge in [-0.15, -0.1) is 0 Å². The zero-order valence-corrected chi connectivity index (χ0v) is 16.5. The van der Waals surface area contributed by atoms with Gasteiger partial charge in [0.1, 0.15) is 0 Å². The summed E-state index contributed by atoms with van der Waals surface area (Å²) in [5.74, 6) is -0.471. The lowest BCUT2D eigenvalue weighted by atomic mass is 10.0. The third-order valence-electron chi connectivity index (χ3n) is 3.80. The third kappa shape index (κ3) is 8.76. The van der Waals surface area contributed by atoms with Crippen LogP contribution in [0.1, 0.15) is 40.2 Å². The SMILES string of the molecule is CCN(CC(=O)N[C@H](Cc1ccccc1)C(C)=O)CC(=O)NC(C)(C)C. The van der Waals surface area contributed by atoms with Crippen LogP contribution in [0, 0.1) is 0 Å². The van der Waals surface area contributed by atoms with Gasteiger partial charge in [-0.2, -0.15) is 0 Å². The standard InChI is InChI=1S/C20H31N3O3/c1-6-23(14-19(26)22-20(3,4)5)13-18(25)21-17(15(2)24)12-16-10-8-7-9-11-16/h7-11,17H,6,12-14H2,1-5H3,(H,21,25)(H,22,26)/t17-/m1/s1. The first-order chi connectivity index (χ1) is 12.1. The van der Waals surface area contributed by atoms with Gasteiger partial charge in [-0.1, -0.05) is 37.3 Å². The zero-order valence-electron chi connectivity index (χ0n) is 16.5. The van der Waals surface area contributed by atoms with Crippen LogP contribution in [0.25, 0.3) is 0 Å². The van der Waals surface area contributed by atoms with Crippen molar-refractivity contribution >= 4 is 17.6 Å². The fourth-order valence-electron chi connectivity index (χ4n) is 2.53. The monoisotopic (exact) mass is 361 g/mol. The van der Waals surface area contributed by atoms with E-state index in [2.05, 4.69) is 10.6 Å². The minimum atomic E-state index is -0.563. The van der Waals surface area contributed by atoms with E-state index in [0.717, 1.165) is 5.56 Å². The summed E-state index contributed by atoms with van der Waals surface area (Å²) in [6, 6.07) is 9.01. The molecule has 0 aliphatic carbocycles. The third-order valence-corrected chi connectivity index (χ3v) is 3.80. The van der Waals surface area contributed by atoms with Crippen molar-refractivity contribution in [1.82, 2.24) is 15.5 Å². The van der Waals surface area contributed by atoms with E-state index < -0.39 is 6.04 Å². The van der Waals surface area contributed by atoms with Crippen LogP contribution in [0.2, 0.25) is 0 Å². The lowest BCUT2D eigenvalue weighted by Crippen LogP contribution is -2.49. The molecule has 0 bridgehead atoms. The molecule has 144 valence electrons.